The summed E-state index contributed by atoms with van der Waals surface area (Å²) in [4.78, 5) is 11.9. The minimum absolute atomic E-state index is 0.456. The van der Waals surface area contributed by atoms with Crippen molar-refractivity contribution in [3.8, 4) is 0 Å². The molecule has 0 amide bonds. The Kier molecular flexibility index (Phi) is 3.95. The summed E-state index contributed by atoms with van der Waals surface area (Å²) in [7, 11) is 1.95. The van der Waals surface area contributed by atoms with E-state index in [4.69, 9.17) is 0 Å². The van der Waals surface area contributed by atoms with Crippen LogP contribution in [-0.4, -0.2) is 24.2 Å². The van der Waals surface area contributed by atoms with Crippen molar-refractivity contribution in [2.45, 2.75) is 51.0 Å². The Morgan fingerprint density at radius 3 is 2.47 bits per heavy atom. The summed E-state index contributed by atoms with van der Waals surface area (Å²) in [5, 5.41) is 13.1. The molecule has 0 radical (unpaired) electrons. The van der Waals surface area contributed by atoms with Gasteiger partial charge in [-0.25, -0.2) is 0 Å². The average Bonchev–Trinajstić information content (AvgIpc) is 2.41. The van der Waals surface area contributed by atoms with E-state index in [0.29, 0.717) is 6.04 Å². The zero-order valence-electron chi connectivity index (χ0n) is 12.0. The number of benzene rings is 1. The predicted octanol–water partition coefficient (Wildman–Crippen LogP) is 2.79. The van der Waals surface area contributed by atoms with Gasteiger partial charge in [-0.1, -0.05) is 23.8 Å². The molecule has 1 aliphatic rings. The number of carbonyl (C=O) groups is 1. The average molecular weight is 261 g/mol. The number of carboxylic acid groups (broad SMARTS) is 1. The molecule has 0 aromatic heterocycles. The third-order valence-electron chi connectivity index (χ3n) is 4.57. The lowest BCUT2D eigenvalue weighted by molar-refractivity contribution is -0.145. The van der Waals surface area contributed by atoms with Crippen molar-refractivity contribution in [3.05, 3.63) is 34.9 Å². The van der Waals surface area contributed by atoms with Crippen LogP contribution in [0.2, 0.25) is 0 Å². The maximum atomic E-state index is 11.9. The zero-order chi connectivity index (χ0) is 14.0. The fourth-order valence-corrected chi connectivity index (χ4v) is 3.25. The van der Waals surface area contributed by atoms with Crippen LogP contribution in [0.5, 0.6) is 0 Å². The third-order valence-corrected chi connectivity index (χ3v) is 4.57. The van der Waals surface area contributed by atoms with Gasteiger partial charge in [-0.2, -0.15) is 0 Å². The molecule has 0 atom stereocenters. The Balaban J connectivity index is 2.41. The monoisotopic (exact) mass is 261 g/mol. The lowest BCUT2D eigenvalue weighted by Gasteiger charge is -2.38. The molecule has 0 spiro atoms. The van der Waals surface area contributed by atoms with Gasteiger partial charge < -0.3 is 10.4 Å². The molecule has 0 unspecified atom stereocenters. The first-order valence-corrected chi connectivity index (χ1v) is 6.98. The number of nitrogens with one attached hydrogen (secondary N) is 1. The van der Waals surface area contributed by atoms with Crippen LogP contribution < -0.4 is 5.32 Å². The first-order valence-electron chi connectivity index (χ1n) is 6.98. The predicted molar refractivity (Wildman–Crippen MR) is 76.5 cm³/mol. The van der Waals surface area contributed by atoms with Gasteiger partial charge in [-0.3, -0.25) is 4.79 Å². The van der Waals surface area contributed by atoms with E-state index in [2.05, 4.69) is 11.4 Å². The molecule has 2 rings (SSSR count). The van der Waals surface area contributed by atoms with Gasteiger partial charge in [-0.15, -0.1) is 0 Å². The first-order chi connectivity index (χ1) is 8.99. The van der Waals surface area contributed by atoms with Gasteiger partial charge in [-0.05, 0) is 57.7 Å². The summed E-state index contributed by atoms with van der Waals surface area (Å²) in [6, 6.07) is 6.61. The van der Waals surface area contributed by atoms with Crippen molar-refractivity contribution >= 4 is 5.97 Å². The molecule has 1 saturated carbocycles. The SMILES string of the molecule is CNC1CCC(C(=O)O)(c2cc(C)ccc2C)CC1. The summed E-state index contributed by atoms with van der Waals surface area (Å²) < 4.78 is 0. The van der Waals surface area contributed by atoms with Gasteiger partial charge in [0, 0.05) is 6.04 Å². The molecule has 1 fully saturated rings. The van der Waals surface area contributed by atoms with Crippen LogP contribution >= 0.6 is 0 Å². The molecule has 3 nitrogen and oxygen atoms in total. The quantitative estimate of drug-likeness (QED) is 0.879. The third kappa shape index (κ3) is 2.52. The number of carboxylic acids is 1. The Labute approximate surface area is 115 Å². The van der Waals surface area contributed by atoms with E-state index in [9.17, 15) is 9.90 Å². The fraction of sp³-hybridized carbons (Fsp3) is 0.562. The highest BCUT2D eigenvalue weighted by atomic mass is 16.4. The lowest BCUT2D eigenvalue weighted by Crippen LogP contribution is -2.44. The molecule has 1 aliphatic carbocycles. The van der Waals surface area contributed by atoms with Gasteiger partial charge in [0.05, 0.1) is 5.41 Å². The zero-order valence-corrected chi connectivity index (χ0v) is 12.0. The minimum atomic E-state index is -0.691. The van der Waals surface area contributed by atoms with Gasteiger partial charge in [0.2, 0.25) is 0 Å². The summed E-state index contributed by atoms with van der Waals surface area (Å²) in [5.74, 6) is -0.671. The van der Waals surface area contributed by atoms with Crippen LogP contribution in [0.25, 0.3) is 0 Å². The van der Waals surface area contributed by atoms with Crippen molar-refractivity contribution in [2.24, 2.45) is 0 Å². The molecule has 0 heterocycles. The second-order valence-corrected chi connectivity index (χ2v) is 5.77. The number of rotatable bonds is 3. The lowest BCUT2D eigenvalue weighted by atomic mass is 9.67. The second-order valence-electron chi connectivity index (χ2n) is 5.77. The number of aryl methyl sites for hydroxylation is 2. The smallest absolute Gasteiger partial charge is 0.314 e. The molecule has 1 aromatic rings. The highest BCUT2D eigenvalue weighted by molar-refractivity contribution is 5.82. The van der Waals surface area contributed by atoms with Crippen LogP contribution in [0.15, 0.2) is 18.2 Å². The molecule has 0 bridgehead atoms. The Bertz CT molecular complexity index is 474. The van der Waals surface area contributed by atoms with Crippen LogP contribution in [0.4, 0.5) is 0 Å². The van der Waals surface area contributed by atoms with Gasteiger partial charge in [0.15, 0.2) is 0 Å². The highest BCUT2D eigenvalue weighted by Crippen LogP contribution is 2.41. The van der Waals surface area contributed by atoms with Crippen molar-refractivity contribution in [2.75, 3.05) is 7.05 Å². The standard InChI is InChI=1S/C16H23NO2/c1-11-4-5-12(2)14(10-11)16(15(18)19)8-6-13(17-3)7-9-16/h4-5,10,13,17H,6-9H2,1-3H3,(H,18,19). The van der Waals surface area contributed by atoms with Crippen LogP contribution in [0.1, 0.15) is 42.4 Å². The van der Waals surface area contributed by atoms with Gasteiger partial charge in [0.25, 0.3) is 0 Å². The Morgan fingerprint density at radius 1 is 1.32 bits per heavy atom. The van der Waals surface area contributed by atoms with Crippen LogP contribution in [0, 0.1) is 13.8 Å². The highest BCUT2D eigenvalue weighted by Gasteiger charge is 2.44. The van der Waals surface area contributed by atoms with E-state index in [0.717, 1.165) is 42.4 Å². The van der Waals surface area contributed by atoms with Crippen molar-refractivity contribution in [1.82, 2.24) is 5.32 Å². The topological polar surface area (TPSA) is 49.3 Å². The molecule has 0 aliphatic heterocycles. The Hall–Kier alpha value is -1.35. The largest absolute Gasteiger partial charge is 0.481 e. The second kappa shape index (κ2) is 5.33. The number of hydrogen-bond acceptors (Lipinski definition) is 2. The van der Waals surface area contributed by atoms with Gasteiger partial charge >= 0.3 is 5.97 Å². The number of aliphatic carboxylic acids is 1. The summed E-state index contributed by atoms with van der Waals surface area (Å²) >= 11 is 0. The molecular formula is C16H23NO2. The Morgan fingerprint density at radius 2 is 1.95 bits per heavy atom. The van der Waals surface area contributed by atoms with Crippen molar-refractivity contribution in [3.63, 3.8) is 0 Å². The van der Waals surface area contributed by atoms with E-state index in [1.54, 1.807) is 0 Å². The van der Waals surface area contributed by atoms with Crippen LogP contribution in [-0.2, 0) is 10.2 Å². The molecule has 3 heteroatoms. The molecular weight excluding hydrogens is 238 g/mol. The van der Waals surface area contributed by atoms with Crippen molar-refractivity contribution < 1.29 is 9.90 Å². The van der Waals surface area contributed by atoms with E-state index < -0.39 is 11.4 Å². The summed E-state index contributed by atoms with van der Waals surface area (Å²) in [5.41, 5.74) is 2.55. The normalized spacial score (nSPS) is 27.2. The van der Waals surface area contributed by atoms with E-state index >= 15 is 0 Å². The maximum Gasteiger partial charge on any atom is 0.314 e. The van der Waals surface area contributed by atoms with Crippen LogP contribution in [0.3, 0.4) is 0 Å². The first kappa shape index (κ1) is 14.1. The van der Waals surface area contributed by atoms with E-state index in [1.165, 1.54) is 0 Å². The number of hydrogen-bond donors (Lipinski definition) is 2. The molecule has 1 aromatic carbocycles. The summed E-state index contributed by atoms with van der Waals surface area (Å²) in [6.45, 7) is 4.04. The maximum absolute atomic E-state index is 11.9. The van der Waals surface area contributed by atoms with E-state index in [-0.39, 0.29) is 0 Å². The molecule has 2 N–H and O–H groups in total. The fourth-order valence-electron chi connectivity index (χ4n) is 3.25. The van der Waals surface area contributed by atoms with Gasteiger partial charge in [0.1, 0.15) is 0 Å². The van der Waals surface area contributed by atoms with E-state index in [1.807, 2.05) is 33.0 Å². The molecule has 104 valence electrons. The summed E-state index contributed by atoms with van der Waals surface area (Å²) in [6.07, 6.45) is 3.29. The minimum Gasteiger partial charge on any atom is -0.481 e. The molecule has 19 heavy (non-hydrogen) atoms. The van der Waals surface area contributed by atoms with Crippen molar-refractivity contribution in [1.29, 1.82) is 0 Å². The molecule has 0 saturated heterocycles.